The van der Waals surface area contributed by atoms with Gasteiger partial charge in [0, 0.05) is 0 Å². The van der Waals surface area contributed by atoms with Gasteiger partial charge in [0.1, 0.15) is 0 Å². The molecule has 6 aromatic rings. The Morgan fingerprint density at radius 3 is 1.24 bits per heavy atom. The minimum absolute atomic E-state index is 0. The first-order chi connectivity index (χ1) is 20.5. The molecule has 0 aromatic heterocycles. The molecule has 234 valence electrons. The van der Waals surface area contributed by atoms with E-state index < -0.39 is 23.5 Å². The molecule has 0 spiro atoms. The van der Waals surface area contributed by atoms with Crippen molar-refractivity contribution in [1.82, 2.24) is 0 Å². The summed E-state index contributed by atoms with van der Waals surface area (Å²) in [5.41, 5.74) is 4.05. The number of hydrogen-bond acceptors (Lipinski definition) is 0. The number of rotatable bonds is 4. The Morgan fingerprint density at radius 1 is 0.522 bits per heavy atom. The largest absolute Gasteiger partial charge is 4.00 e. The summed E-state index contributed by atoms with van der Waals surface area (Å²) in [5.74, 6) is 0. The van der Waals surface area contributed by atoms with Crippen molar-refractivity contribution < 1.29 is 52.2 Å². The SMILES string of the molecule is FC(F)(F)c1ccc(-c2cccc3[cH-]c(C4(c5cc6c(-c7ccc(C(F)(F)F)cc7)cccc6[cH-]5)CCCC4)cc23)cc1.[CH3-].[CH3-].[Hf+4]. The molecule has 1 fully saturated rings. The fourth-order valence-corrected chi connectivity index (χ4v) is 6.93. The second-order valence-electron chi connectivity index (χ2n) is 11.5. The minimum atomic E-state index is -4.39. The van der Waals surface area contributed by atoms with Crippen LogP contribution in [0.5, 0.6) is 0 Å². The van der Waals surface area contributed by atoms with E-state index in [0.717, 1.165) is 93.7 Å². The van der Waals surface area contributed by atoms with Gasteiger partial charge in [0.2, 0.25) is 0 Å². The van der Waals surface area contributed by atoms with Gasteiger partial charge in [0.05, 0.1) is 11.1 Å². The van der Waals surface area contributed by atoms with Crippen molar-refractivity contribution in [3.63, 3.8) is 0 Å². The van der Waals surface area contributed by atoms with Gasteiger partial charge in [-0.1, -0.05) is 60.4 Å². The van der Waals surface area contributed by atoms with Gasteiger partial charge in [0.15, 0.2) is 0 Å². The Kier molecular flexibility index (Phi) is 9.99. The fraction of sp³-hybridized carbons (Fsp3) is 0.179. The third-order valence-electron chi connectivity index (χ3n) is 9.11. The van der Waals surface area contributed by atoms with Crippen LogP contribution in [-0.2, 0) is 43.6 Å². The fourth-order valence-electron chi connectivity index (χ4n) is 6.93. The summed E-state index contributed by atoms with van der Waals surface area (Å²) in [6.07, 6.45) is -4.71. The maximum Gasteiger partial charge on any atom is 4.00 e. The molecule has 7 heteroatoms. The number of fused-ring (bicyclic) bond motifs is 2. The Balaban J connectivity index is 0.00000160. The van der Waals surface area contributed by atoms with Crippen molar-refractivity contribution in [1.29, 1.82) is 0 Å². The van der Waals surface area contributed by atoms with Crippen LogP contribution < -0.4 is 0 Å². The predicted octanol–water partition coefficient (Wildman–Crippen LogP) is 12.6. The molecule has 6 aromatic carbocycles. The van der Waals surface area contributed by atoms with Crippen molar-refractivity contribution >= 4 is 21.5 Å². The molecule has 0 radical (unpaired) electrons. The van der Waals surface area contributed by atoms with E-state index in [-0.39, 0.29) is 46.1 Å². The maximum absolute atomic E-state index is 13.2. The van der Waals surface area contributed by atoms with Crippen LogP contribution >= 0.6 is 0 Å². The van der Waals surface area contributed by atoms with Crippen molar-refractivity contribution in [3.05, 3.63) is 146 Å². The monoisotopic (exact) mass is 794 g/mol. The van der Waals surface area contributed by atoms with E-state index in [1.165, 1.54) is 35.4 Å². The molecule has 7 rings (SSSR count). The van der Waals surface area contributed by atoms with Crippen LogP contribution in [0.3, 0.4) is 0 Å². The number of hydrogen-bond donors (Lipinski definition) is 0. The zero-order valence-electron chi connectivity index (χ0n) is 25.5. The smallest absolute Gasteiger partial charge is 0.358 e. The summed E-state index contributed by atoms with van der Waals surface area (Å²) in [5, 5.41) is 4.09. The van der Waals surface area contributed by atoms with Gasteiger partial charge in [-0.05, 0) is 53.6 Å². The number of halogens is 6. The Labute approximate surface area is 284 Å². The van der Waals surface area contributed by atoms with Crippen LogP contribution in [0.4, 0.5) is 26.3 Å². The Morgan fingerprint density at radius 2 is 0.891 bits per heavy atom. The van der Waals surface area contributed by atoms with Gasteiger partial charge in [-0.3, -0.25) is 0 Å². The minimum Gasteiger partial charge on any atom is -0.358 e. The van der Waals surface area contributed by atoms with Crippen molar-refractivity contribution in [2.75, 3.05) is 0 Å². The van der Waals surface area contributed by atoms with Gasteiger partial charge in [-0.2, -0.15) is 38.5 Å². The van der Waals surface area contributed by atoms with E-state index in [9.17, 15) is 26.3 Å². The molecule has 46 heavy (non-hydrogen) atoms. The van der Waals surface area contributed by atoms with E-state index >= 15 is 0 Å². The molecule has 0 saturated heterocycles. The van der Waals surface area contributed by atoms with Crippen molar-refractivity contribution in [2.24, 2.45) is 0 Å². The second-order valence-corrected chi connectivity index (χ2v) is 11.5. The van der Waals surface area contributed by atoms with Crippen LogP contribution in [0.1, 0.15) is 47.9 Å². The summed E-state index contributed by atoms with van der Waals surface area (Å²) >= 11 is 0. The molecule has 0 aliphatic heterocycles. The molecular weight excluding hydrogens is 761 g/mol. The van der Waals surface area contributed by atoms with Gasteiger partial charge < -0.3 is 14.9 Å². The first-order valence-electron chi connectivity index (χ1n) is 14.3. The molecule has 0 atom stereocenters. The summed E-state index contributed by atoms with van der Waals surface area (Å²) in [6.45, 7) is 0. The standard InChI is InChI=1S/C37H26F6.2CH3.Hf/c38-36(39,40)27-13-9-23(10-14-27)31-7-3-5-25-19-29(21-33(25)31)35(17-1-2-18-35)30-20-26-6-4-8-32(34(26)22-30)24-11-15-28(16-12-24)37(41,42)43;;;/h3-16,19-22H,1-2,17-18H2;2*1H3;/q-2;2*-1;+4. The normalized spacial score (nSPS) is 14.5. The number of alkyl halides is 6. The van der Waals surface area contributed by atoms with E-state index in [0.29, 0.717) is 0 Å². The van der Waals surface area contributed by atoms with Crippen LogP contribution in [0.15, 0.2) is 109 Å². The summed E-state index contributed by atoms with van der Waals surface area (Å²) in [6, 6.07) is 31.3. The van der Waals surface area contributed by atoms with Gasteiger partial charge in [-0.15, -0.1) is 69.1 Å². The molecule has 0 heterocycles. The average molecular weight is 793 g/mol. The quantitative estimate of drug-likeness (QED) is 0.0948. The molecule has 0 bridgehead atoms. The molecule has 1 aliphatic rings. The predicted molar refractivity (Wildman–Crippen MR) is 172 cm³/mol. The molecular formula is C39H32F6Hf. The van der Waals surface area contributed by atoms with Crippen LogP contribution in [-0.4, -0.2) is 0 Å². The van der Waals surface area contributed by atoms with Crippen molar-refractivity contribution in [3.8, 4) is 22.3 Å². The Hall–Kier alpha value is -3.45. The Bertz CT molecular complexity index is 1790. The maximum atomic E-state index is 13.2. The van der Waals surface area contributed by atoms with Crippen LogP contribution in [0.25, 0.3) is 43.8 Å². The molecule has 1 aliphatic carbocycles. The number of benzene rings is 4. The third-order valence-corrected chi connectivity index (χ3v) is 9.11. The topological polar surface area (TPSA) is 0 Å². The van der Waals surface area contributed by atoms with Crippen LogP contribution in [0, 0.1) is 14.9 Å². The van der Waals surface area contributed by atoms with E-state index in [1.807, 2.05) is 36.4 Å². The summed E-state index contributed by atoms with van der Waals surface area (Å²) in [7, 11) is 0. The zero-order chi connectivity index (χ0) is 30.0. The third kappa shape index (κ3) is 6.15. The van der Waals surface area contributed by atoms with Gasteiger partial charge in [0.25, 0.3) is 0 Å². The second kappa shape index (κ2) is 13.0. The summed E-state index contributed by atoms with van der Waals surface area (Å²) < 4.78 is 79.0. The molecule has 1 saturated carbocycles. The van der Waals surface area contributed by atoms with E-state index in [2.05, 4.69) is 24.3 Å². The van der Waals surface area contributed by atoms with Crippen molar-refractivity contribution in [2.45, 2.75) is 43.5 Å². The van der Waals surface area contributed by atoms with Gasteiger partial charge in [-0.25, -0.2) is 0 Å². The molecule has 0 N–H and O–H groups in total. The first kappa shape index (κ1) is 35.4. The average Bonchev–Trinajstić information content (AvgIpc) is 3.74. The van der Waals surface area contributed by atoms with Crippen LogP contribution in [0.2, 0.25) is 0 Å². The first-order valence-corrected chi connectivity index (χ1v) is 14.3. The van der Waals surface area contributed by atoms with Gasteiger partial charge >= 0.3 is 38.2 Å². The molecule has 0 unspecified atom stereocenters. The molecule has 0 amide bonds. The molecule has 0 nitrogen and oxygen atoms in total. The van der Waals surface area contributed by atoms with E-state index in [4.69, 9.17) is 0 Å². The summed E-state index contributed by atoms with van der Waals surface area (Å²) in [4.78, 5) is 0. The zero-order valence-corrected chi connectivity index (χ0v) is 29.1. The van der Waals surface area contributed by atoms with E-state index in [1.54, 1.807) is 0 Å².